The van der Waals surface area contributed by atoms with E-state index in [9.17, 15) is 24.3 Å². The number of urea groups is 1. The maximum atomic E-state index is 14.7. The molecule has 3 N–H and O–H groups in total. The number of fused-ring (bicyclic) bond motifs is 7. The number of nitrogens with one attached hydrogen (secondary N) is 2. The minimum Gasteiger partial charge on any atom is -0.462 e. The van der Waals surface area contributed by atoms with Crippen molar-refractivity contribution in [3.05, 3.63) is 58.2 Å². The molecule has 4 amide bonds. The summed E-state index contributed by atoms with van der Waals surface area (Å²) in [5.74, 6) is -1.81. The summed E-state index contributed by atoms with van der Waals surface area (Å²) in [6, 6.07) is 8.36. The summed E-state index contributed by atoms with van der Waals surface area (Å²) in [6.45, 7) is 15.0. The maximum absolute atomic E-state index is 14.7. The molecule has 17 heteroatoms. The second-order valence-corrected chi connectivity index (χ2v) is 20.5. The van der Waals surface area contributed by atoms with Gasteiger partial charge in [0.1, 0.15) is 12.1 Å². The molecule has 0 spiro atoms. The largest absolute Gasteiger partial charge is 0.462 e. The molecule has 0 unspecified atom stereocenters. The average Bonchev–Trinajstić information content (AvgIpc) is 4.08. The van der Waals surface area contributed by atoms with Crippen molar-refractivity contribution >= 4 is 46.1 Å². The van der Waals surface area contributed by atoms with Crippen molar-refractivity contribution in [3.63, 3.8) is 0 Å². The number of cyclic esters (lactones) is 1. The number of pyridine rings is 1. The number of thiazole rings is 1. The lowest BCUT2D eigenvalue weighted by Gasteiger charge is -2.40. The minimum absolute atomic E-state index is 0.0115. The van der Waals surface area contributed by atoms with Crippen molar-refractivity contribution in [2.24, 2.45) is 17.3 Å². The quantitative estimate of drug-likeness (QED) is 0.198. The molecule has 0 radical (unpaired) electrons. The molecule has 3 saturated heterocycles. The summed E-state index contributed by atoms with van der Waals surface area (Å²) < 4.78 is 14.1. The zero-order valence-electron chi connectivity index (χ0n) is 39.2. The molecule has 4 aliphatic rings. The molecule has 3 fully saturated rings. The van der Waals surface area contributed by atoms with Crippen LogP contribution < -0.4 is 10.7 Å². The van der Waals surface area contributed by atoms with E-state index in [0.717, 1.165) is 57.6 Å². The zero-order chi connectivity index (χ0) is 46.5. The molecule has 6 atom stereocenters. The number of benzene rings is 1. The van der Waals surface area contributed by atoms with E-state index in [1.165, 1.54) is 21.2 Å². The Kier molecular flexibility index (Phi) is 13.2. The van der Waals surface area contributed by atoms with Gasteiger partial charge in [0.15, 0.2) is 0 Å². The lowest BCUT2D eigenvalue weighted by atomic mass is 9.84. The number of aliphatic hydroxyl groups is 1. The highest BCUT2D eigenvalue weighted by molar-refractivity contribution is 7.10. The Balaban J connectivity index is 1.17. The number of nitrogens with zero attached hydrogens (tertiary/aromatic N) is 7. The molecular weight excluding hydrogens is 847 g/mol. The topological polar surface area (TPSA) is 175 Å². The first-order valence-electron chi connectivity index (χ1n) is 23.0. The van der Waals surface area contributed by atoms with E-state index in [0.29, 0.717) is 49.4 Å². The highest BCUT2D eigenvalue weighted by Crippen LogP contribution is 2.42. The lowest BCUT2D eigenvalue weighted by molar-refractivity contribution is -0.189. The van der Waals surface area contributed by atoms with E-state index < -0.39 is 41.0 Å². The third-order valence-electron chi connectivity index (χ3n) is 14.0. The van der Waals surface area contributed by atoms with Crippen molar-refractivity contribution in [2.45, 2.75) is 110 Å². The van der Waals surface area contributed by atoms with Gasteiger partial charge >= 0.3 is 12.0 Å². The number of hydrazine groups is 1. The summed E-state index contributed by atoms with van der Waals surface area (Å²) >= 11 is 1.39. The molecule has 16 nitrogen and oxygen atoms in total. The van der Waals surface area contributed by atoms with Crippen LogP contribution in [0.2, 0.25) is 0 Å². The number of carbonyl (C=O) groups excluding carboxylic acids is 4. The molecule has 4 aromatic rings. The first-order chi connectivity index (χ1) is 30.9. The Morgan fingerprint density at radius 2 is 1.94 bits per heavy atom. The number of esters is 1. The minimum atomic E-state index is -2.20. The van der Waals surface area contributed by atoms with Crippen molar-refractivity contribution in [3.8, 4) is 22.5 Å². The van der Waals surface area contributed by atoms with Crippen LogP contribution in [0.25, 0.3) is 33.4 Å². The SMILES string of the molecule is CCn1c(-c2cccnc2[C@H](C)OC)c2c3cc(ccc31)-c1csc(n1)C[C@H](NC(=O)[C@H](C(C)C)N(C)C(=O)N1C[C@H]3CCN(C)[C@H]3C1)C(=O)N1CCC[C@@](O)(N1)C(=O)OCC(C)(C)C2. The second-order valence-electron chi connectivity index (χ2n) is 19.6. The number of rotatable bonds is 8. The van der Waals surface area contributed by atoms with E-state index in [2.05, 4.69) is 58.4 Å². The number of aromatic nitrogens is 3. The fourth-order valence-electron chi connectivity index (χ4n) is 10.5. The van der Waals surface area contributed by atoms with E-state index in [-0.39, 0.29) is 44.0 Å². The van der Waals surface area contributed by atoms with Crippen molar-refractivity contribution in [1.29, 1.82) is 0 Å². The van der Waals surface area contributed by atoms with Gasteiger partial charge in [-0.3, -0.25) is 19.6 Å². The number of amides is 4. The van der Waals surface area contributed by atoms with Crippen molar-refractivity contribution in [2.75, 3.05) is 54.0 Å². The van der Waals surface area contributed by atoms with Gasteiger partial charge in [-0.05, 0) is 88.4 Å². The van der Waals surface area contributed by atoms with Crippen molar-refractivity contribution < 1.29 is 33.8 Å². The van der Waals surface area contributed by atoms with Crippen LogP contribution in [-0.2, 0) is 43.2 Å². The standard InChI is InChI=1S/C48H65N9O7S/c1-10-56-37-15-14-30-21-33(37)34(42(56)32-13-11-18-49-40(32)29(4)63-9)23-47(5,6)27-64-45(60)48(62)17-12-19-57(52-48)44(59)35(22-39-50-36(30)26-65-39)51-43(58)41(28(2)3)54(8)46(61)55-24-31-16-20-53(7)38(31)25-55/h11,13-15,18,21,26,28-29,31,35,38,41,52,62H,10,12,16-17,19-20,22-25,27H2,1-9H3,(H,51,58)/t29-,31+,35-,38-,41-,48-/m0/s1. The van der Waals surface area contributed by atoms with Gasteiger partial charge in [0.2, 0.25) is 11.6 Å². The Morgan fingerprint density at radius 1 is 1.15 bits per heavy atom. The molecule has 0 aliphatic carbocycles. The summed E-state index contributed by atoms with van der Waals surface area (Å²) in [5, 5.41) is 19.7. The fourth-order valence-corrected chi connectivity index (χ4v) is 11.3. The Labute approximate surface area is 385 Å². The summed E-state index contributed by atoms with van der Waals surface area (Å²) in [6.07, 6.45) is 3.37. The molecule has 4 aliphatic heterocycles. The van der Waals surface area contributed by atoms with Gasteiger partial charge in [0.25, 0.3) is 5.91 Å². The predicted octanol–water partition coefficient (Wildman–Crippen LogP) is 5.23. The lowest BCUT2D eigenvalue weighted by Crippen LogP contribution is -2.67. The van der Waals surface area contributed by atoms with E-state index in [1.807, 2.05) is 51.0 Å². The van der Waals surface area contributed by atoms with Crippen LogP contribution in [0.1, 0.15) is 83.2 Å². The van der Waals surface area contributed by atoms with E-state index in [1.54, 1.807) is 20.4 Å². The monoisotopic (exact) mass is 911 g/mol. The highest BCUT2D eigenvalue weighted by Gasteiger charge is 2.47. The second kappa shape index (κ2) is 18.4. The summed E-state index contributed by atoms with van der Waals surface area (Å²) in [4.78, 5) is 72.6. The highest BCUT2D eigenvalue weighted by atomic mass is 32.1. The normalized spacial score (nSPS) is 24.8. The number of carbonyl (C=O) groups is 4. The molecule has 6 bridgehead atoms. The van der Waals surface area contributed by atoms with Crippen LogP contribution in [0.3, 0.4) is 0 Å². The Bertz CT molecular complexity index is 2450. The van der Waals surface area contributed by atoms with Crippen LogP contribution in [0, 0.1) is 17.3 Å². The molecule has 350 valence electrons. The first kappa shape index (κ1) is 46.6. The zero-order valence-corrected chi connectivity index (χ0v) is 40.0. The van der Waals surface area contributed by atoms with Crippen molar-refractivity contribution in [1.82, 2.24) is 45.0 Å². The molecule has 8 rings (SSSR count). The van der Waals surface area contributed by atoms with Gasteiger partial charge in [-0.1, -0.05) is 33.8 Å². The number of likely N-dealkylation sites (N-methyl/N-ethyl adjacent to an activating group) is 2. The number of ether oxygens (including phenoxy) is 2. The molecular formula is C48H65N9O7S. The van der Waals surface area contributed by atoms with Gasteiger partial charge in [-0.2, -0.15) is 5.43 Å². The van der Waals surface area contributed by atoms with Gasteiger partial charge in [0.05, 0.1) is 34.8 Å². The maximum Gasteiger partial charge on any atom is 0.355 e. The number of likely N-dealkylation sites (tertiary alicyclic amines) is 2. The molecule has 3 aromatic heterocycles. The third kappa shape index (κ3) is 9.01. The average molecular weight is 912 g/mol. The fraction of sp³-hybridized carbons (Fsp3) is 0.583. The third-order valence-corrected chi connectivity index (χ3v) is 14.8. The van der Waals surface area contributed by atoms with Crippen LogP contribution in [-0.4, -0.2) is 141 Å². The van der Waals surface area contributed by atoms with Crippen LogP contribution in [0.15, 0.2) is 41.9 Å². The number of aryl methyl sites for hydroxylation is 1. The smallest absolute Gasteiger partial charge is 0.355 e. The number of methoxy groups -OCH3 is 1. The van der Waals surface area contributed by atoms with Gasteiger partial charge in [-0.15, -0.1) is 11.3 Å². The van der Waals surface area contributed by atoms with E-state index in [4.69, 9.17) is 19.4 Å². The Morgan fingerprint density at radius 3 is 2.66 bits per heavy atom. The molecule has 0 saturated carbocycles. The Hall–Kier alpha value is -4.94. The predicted molar refractivity (Wildman–Crippen MR) is 248 cm³/mol. The molecule has 1 aromatic carbocycles. The van der Waals surface area contributed by atoms with E-state index >= 15 is 0 Å². The van der Waals surface area contributed by atoms with Gasteiger partial charge in [0, 0.05) is 98.2 Å². The van der Waals surface area contributed by atoms with Gasteiger partial charge in [-0.25, -0.2) is 14.6 Å². The number of hydrogen-bond acceptors (Lipinski definition) is 12. The van der Waals surface area contributed by atoms with Crippen LogP contribution in [0.4, 0.5) is 4.79 Å². The summed E-state index contributed by atoms with van der Waals surface area (Å²) in [5.41, 5.74) is 6.42. The summed E-state index contributed by atoms with van der Waals surface area (Å²) in [7, 11) is 5.41. The number of hydrogen-bond donors (Lipinski definition) is 3. The van der Waals surface area contributed by atoms with Gasteiger partial charge < -0.3 is 39.2 Å². The van der Waals surface area contributed by atoms with Crippen LogP contribution in [0.5, 0.6) is 0 Å². The molecule has 65 heavy (non-hydrogen) atoms. The molecule has 7 heterocycles. The first-order valence-corrected chi connectivity index (χ1v) is 23.9. The van der Waals surface area contributed by atoms with Crippen LogP contribution >= 0.6 is 11.3 Å².